The zero-order valence-electron chi connectivity index (χ0n) is 10.9. The molecule has 0 heterocycles. The molecule has 0 saturated heterocycles. The Labute approximate surface area is 151 Å². The van der Waals surface area contributed by atoms with Crippen molar-refractivity contribution in [3.63, 3.8) is 0 Å². The Balaban J connectivity index is 2.64. The molecular formula is C15H8F4I2O. The Bertz CT molecular complexity index is 685. The number of ketones is 1. The first kappa shape index (κ1) is 17.6. The molecule has 0 saturated carbocycles. The third-order valence-electron chi connectivity index (χ3n) is 3.15. The predicted octanol–water partition coefficient (Wildman–Crippen LogP) is 5.34. The normalized spacial score (nSPS) is 10.8. The van der Waals surface area contributed by atoms with Crippen molar-refractivity contribution < 1.29 is 22.4 Å². The molecule has 0 N–H and O–H groups in total. The maximum atomic E-state index is 13.8. The minimum absolute atomic E-state index is 0.0505. The smallest absolute Gasteiger partial charge is 0.193 e. The summed E-state index contributed by atoms with van der Waals surface area (Å²) in [4.78, 5) is 12.5. The number of hydrogen-bond acceptors (Lipinski definition) is 1. The zero-order valence-corrected chi connectivity index (χ0v) is 15.2. The third-order valence-corrected chi connectivity index (χ3v) is 4.67. The number of alkyl halides is 2. The van der Waals surface area contributed by atoms with Crippen LogP contribution in [0.4, 0.5) is 17.6 Å². The van der Waals surface area contributed by atoms with Gasteiger partial charge in [0.25, 0.3) is 0 Å². The van der Waals surface area contributed by atoms with E-state index in [4.69, 9.17) is 0 Å². The van der Waals surface area contributed by atoms with Gasteiger partial charge in [0.1, 0.15) is 0 Å². The lowest BCUT2D eigenvalue weighted by Crippen LogP contribution is -2.11. The highest BCUT2D eigenvalue weighted by Gasteiger charge is 2.23. The molecular weight excluding hydrogens is 526 g/mol. The summed E-state index contributed by atoms with van der Waals surface area (Å²) in [5.74, 6) is -4.96. The van der Waals surface area contributed by atoms with Crippen molar-refractivity contribution in [1.29, 1.82) is 0 Å². The van der Waals surface area contributed by atoms with Gasteiger partial charge in [-0.1, -0.05) is 45.2 Å². The first-order valence-corrected chi connectivity index (χ1v) is 9.07. The largest absolute Gasteiger partial charge is 0.289 e. The van der Waals surface area contributed by atoms with Crippen molar-refractivity contribution >= 4 is 51.0 Å². The highest BCUT2D eigenvalue weighted by molar-refractivity contribution is 14.1. The number of rotatable bonds is 4. The molecule has 0 fully saturated rings. The molecule has 0 aliphatic heterocycles. The van der Waals surface area contributed by atoms with Crippen LogP contribution in [-0.2, 0) is 8.86 Å². The van der Waals surface area contributed by atoms with Crippen molar-refractivity contribution in [3.8, 4) is 0 Å². The van der Waals surface area contributed by atoms with Gasteiger partial charge < -0.3 is 0 Å². The average molecular weight is 534 g/mol. The van der Waals surface area contributed by atoms with Crippen LogP contribution < -0.4 is 0 Å². The lowest BCUT2D eigenvalue weighted by atomic mass is 9.95. The molecule has 7 heteroatoms. The molecule has 2 rings (SSSR count). The van der Waals surface area contributed by atoms with Gasteiger partial charge in [-0.05, 0) is 24.3 Å². The Kier molecular flexibility index (Phi) is 5.81. The van der Waals surface area contributed by atoms with E-state index in [0.717, 1.165) is 24.3 Å². The number of carbonyl (C=O) groups excluding carboxylic acids is 1. The second-order valence-electron chi connectivity index (χ2n) is 4.37. The molecule has 2 aromatic carbocycles. The predicted molar refractivity (Wildman–Crippen MR) is 91.6 cm³/mol. The Morgan fingerprint density at radius 1 is 0.773 bits per heavy atom. The van der Waals surface area contributed by atoms with Crippen molar-refractivity contribution in [1.82, 2.24) is 0 Å². The number of carbonyl (C=O) groups is 1. The quantitative estimate of drug-likeness (QED) is 0.224. The highest BCUT2D eigenvalue weighted by atomic mass is 127. The molecule has 0 aromatic heterocycles. The molecule has 116 valence electrons. The van der Waals surface area contributed by atoms with Crippen LogP contribution in [0.25, 0.3) is 0 Å². The number of halogens is 6. The first-order chi connectivity index (χ1) is 10.4. The van der Waals surface area contributed by atoms with Crippen molar-refractivity contribution in [3.05, 3.63) is 69.8 Å². The van der Waals surface area contributed by atoms with Crippen LogP contribution in [0.1, 0.15) is 27.0 Å². The van der Waals surface area contributed by atoms with Gasteiger partial charge in [-0.25, -0.2) is 17.6 Å². The van der Waals surface area contributed by atoms with E-state index < -0.39 is 29.1 Å². The van der Waals surface area contributed by atoms with Crippen LogP contribution in [0.3, 0.4) is 0 Å². The Morgan fingerprint density at radius 2 is 1.14 bits per heavy atom. The zero-order chi connectivity index (χ0) is 16.4. The van der Waals surface area contributed by atoms with E-state index in [1.54, 1.807) is 0 Å². The molecule has 22 heavy (non-hydrogen) atoms. The molecule has 0 bridgehead atoms. The molecule has 0 unspecified atom stereocenters. The van der Waals surface area contributed by atoms with Crippen molar-refractivity contribution in [2.24, 2.45) is 0 Å². The summed E-state index contributed by atoms with van der Waals surface area (Å²) in [6, 6.07) is 4.02. The summed E-state index contributed by atoms with van der Waals surface area (Å²) in [5, 5.41) is 0. The molecule has 0 aliphatic rings. The summed E-state index contributed by atoms with van der Waals surface area (Å²) >= 11 is 3.62. The molecule has 1 nitrogen and oxygen atoms in total. The molecule has 0 amide bonds. The monoisotopic (exact) mass is 534 g/mol. The maximum Gasteiger partial charge on any atom is 0.193 e. The topological polar surface area (TPSA) is 17.1 Å². The van der Waals surface area contributed by atoms with Crippen LogP contribution in [-0.4, -0.2) is 5.78 Å². The lowest BCUT2D eigenvalue weighted by molar-refractivity contribution is 0.103. The van der Waals surface area contributed by atoms with Crippen LogP contribution >= 0.6 is 45.2 Å². The standard InChI is InChI=1S/C15H8F4I2O/c16-11-3-1-7(9(5-20)13(11)18)15(22)8-2-4-12(17)14(19)10(8)6-21/h1-4H,5-6H2. The fraction of sp³-hybridized carbons (Fsp3) is 0.133. The van der Waals surface area contributed by atoms with Gasteiger partial charge >= 0.3 is 0 Å². The van der Waals surface area contributed by atoms with Gasteiger partial charge in [0, 0.05) is 31.1 Å². The minimum Gasteiger partial charge on any atom is -0.289 e. The van der Waals surface area contributed by atoms with Crippen LogP contribution in [0.2, 0.25) is 0 Å². The summed E-state index contributed by atoms with van der Waals surface area (Å²) in [5.41, 5.74) is -0.278. The van der Waals surface area contributed by atoms with Gasteiger partial charge in [-0.2, -0.15) is 0 Å². The highest BCUT2D eigenvalue weighted by Crippen LogP contribution is 2.26. The van der Waals surface area contributed by atoms with Gasteiger partial charge in [0.05, 0.1) is 0 Å². The van der Waals surface area contributed by atoms with Crippen LogP contribution in [0.15, 0.2) is 24.3 Å². The number of hydrogen-bond donors (Lipinski definition) is 0. The van der Waals surface area contributed by atoms with Gasteiger partial charge in [-0.15, -0.1) is 0 Å². The van der Waals surface area contributed by atoms with Gasteiger partial charge in [0.2, 0.25) is 0 Å². The Morgan fingerprint density at radius 3 is 1.45 bits per heavy atom. The van der Waals surface area contributed by atoms with Crippen LogP contribution in [0, 0.1) is 23.3 Å². The van der Waals surface area contributed by atoms with E-state index in [9.17, 15) is 22.4 Å². The van der Waals surface area contributed by atoms with Crippen molar-refractivity contribution in [2.45, 2.75) is 8.86 Å². The van der Waals surface area contributed by atoms with Crippen LogP contribution in [0.5, 0.6) is 0 Å². The Hall–Kier alpha value is -0.710. The van der Waals surface area contributed by atoms with E-state index in [1.807, 2.05) is 45.2 Å². The lowest BCUT2D eigenvalue weighted by Gasteiger charge is -2.12. The van der Waals surface area contributed by atoms with Gasteiger partial charge in [-0.3, -0.25) is 4.79 Å². The summed E-state index contributed by atoms with van der Waals surface area (Å²) in [6.07, 6.45) is 0. The second-order valence-corrected chi connectivity index (χ2v) is 5.90. The van der Waals surface area contributed by atoms with E-state index in [0.29, 0.717) is 0 Å². The minimum atomic E-state index is -1.10. The third kappa shape index (κ3) is 3.15. The maximum absolute atomic E-state index is 13.8. The van der Waals surface area contributed by atoms with Crippen molar-refractivity contribution in [2.75, 3.05) is 0 Å². The SMILES string of the molecule is O=C(c1ccc(F)c(F)c1CI)c1ccc(F)c(F)c1CI. The molecule has 0 radical (unpaired) electrons. The summed E-state index contributed by atoms with van der Waals surface area (Å²) in [7, 11) is 0. The molecule has 0 aliphatic carbocycles. The van der Waals surface area contributed by atoms with E-state index in [2.05, 4.69) is 0 Å². The second kappa shape index (κ2) is 7.24. The molecule has 0 spiro atoms. The molecule has 2 aromatic rings. The summed E-state index contributed by atoms with van der Waals surface area (Å²) < 4.78 is 54.3. The van der Waals surface area contributed by atoms with E-state index >= 15 is 0 Å². The molecule has 0 atom stereocenters. The van der Waals surface area contributed by atoms with E-state index in [1.165, 1.54) is 0 Å². The fourth-order valence-electron chi connectivity index (χ4n) is 2.02. The summed E-state index contributed by atoms with van der Waals surface area (Å²) in [6.45, 7) is 0. The first-order valence-electron chi connectivity index (χ1n) is 6.02. The number of benzene rings is 2. The fourth-order valence-corrected chi connectivity index (χ4v) is 3.51. The van der Waals surface area contributed by atoms with Gasteiger partial charge in [0.15, 0.2) is 29.1 Å². The van der Waals surface area contributed by atoms with E-state index in [-0.39, 0.29) is 31.1 Å². The average Bonchev–Trinajstić information content (AvgIpc) is 2.51.